The molecule has 1 amide bonds. The number of benzene rings is 1. The first kappa shape index (κ1) is 20.9. The van der Waals surface area contributed by atoms with E-state index < -0.39 is 0 Å². The molecule has 0 bridgehead atoms. The highest BCUT2D eigenvalue weighted by atomic mass is 32.1. The lowest BCUT2D eigenvalue weighted by Gasteiger charge is -2.03. The number of anilines is 1. The molecule has 0 saturated carbocycles. The van der Waals surface area contributed by atoms with Gasteiger partial charge in [0, 0.05) is 58.6 Å². The minimum atomic E-state index is -0.226. The molecule has 0 spiro atoms. The maximum atomic E-state index is 12.6. The van der Waals surface area contributed by atoms with Crippen molar-refractivity contribution in [1.29, 1.82) is 0 Å². The summed E-state index contributed by atoms with van der Waals surface area (Å²) in [6.45, 7) is 0.873. The van der Waals surface area contributed by atoms with Gasteiger partial charge in [-0.2, -0.15) is 10.2 Å². The number of thiazole rings is 1. The van der Waals surface area contributed by atoms with Crippen LogP contribution in [0.1, 0.15) is 10.5 Å². The van der Waals surface area contributed by atoms with Crippen LogP contribution in [0.25, 0.3) is 43.6 Å². The molecule has 0 aliphatic rings. The lowest BCUT2D eigenvalue weighted by atomic mass is 10.1. The van der Waals surface area contributed by atoms with Crippen LogP contribution in [0, 0.1) is 0 Å². The zero-order chi connectivity index (χ0) is 23.8. The predicted molar refractivity (Wildman–Crippen MR) is 135 cm³/mol. The molecule has 6 rings (SSSR count). The van der Waals surface area contributed by atoms with Crippen molar-refractivity contribution in [3.05, 3.63) is 72.3 Å². The van der Waals surface area contributed by atoms with E-state index in [4.69, 9.17) is 5.73 Å². The summed E-state index contributed by atoms with van der Waals surface area (Å²) in [5.74, 6) is 0.136. The monoisotopic (exact) mass is 481 g/mol. The molecule has 4 N–H and O–H groups in total. The number of nitrogens with one attached hydrogen (secondary N) is 2. The van der Waals surface area contributed by atoms with Gasteiger partial charge < -0.3 is 11.1 Å². The third-order valence-electron chi connectivity index (χ3n) is 5.62. The van der Waals surface area contributed by atoms with Crippen LogP contribution in [0.5, 0.6) is 0 Å². The van der Waals surface area contributed by atoms with E-state index in [1.54, 1.807) is 28.7 Å². The van der Waals surface area contributed by atoms with Gasteiger partial charge >= 0.3 is 0 Å². The van der Waals surface area contributed by atoms with E-state index in [2.05, 4.69) is 35.6 Å². The van der Waals surface area contributed by atoms with Gasteiger partial charge in [-0.05, 0) is 24.3 Å². The SMILES string of the molecule is Nc1nc2cc(-c3cc[nH]n3)ccc2c2cn(CCNC(=O)c3csc(-c4ccncc4)n3)nc12. The Kier molecular flexibility index (Phi) is 5.15. The largest absolute Gasteiger partial charge is 0.382 e. The van der Waals surface area contributed by atoms with Crippen molar-refractivity contribution in [2.45, 2.75) is 6.54 Å². The Morgan fingerprint density at radius 3 is 2.80 bits per heavy atom. The maximum absolute atomic E-state index is 12.6. The van der Waals surface area contributed by atoms with Crippen molar-refractivity contribution >= 4 is 44.9 Å². The first-order valence-electron chi connectivity index (χ1n) is 10.9. The quantitative estimate of drug-likeness (QED) is 0.331. The van der Waals surface area contributed by atoms with E-state index in [-0.39, 0.29) is 5.91 Å². The van der Waals surface area contributed by atoms with Gasteiger partial charge in [0.05, 0.1) is 17.8 Å². The topological polar surface area (TPSA) is 140 Å². The van der Waals surface area contributed by atoms with E-state index in [1.807, 2.05) is 42.6 Å². The first-order chi connectivity index (χ1) is 17.2. The molecule has 35 heavy (non-hydrogen) atoms. The Balaban J connectivity index is 1.18. The van der Waals surface area contributed by atoms with Gasteiger partial charge in [-0.15, -0.1) is 11.3 Å². The number of rotatable bonds is 6. The molecule has 0 unspecified atom stereocenters. The zero-order valence-electron chi connectivity index (χ0n) is 18.3. The highest BCUT2D eigenvalue weighted by Gasteiger charge is 2.14. The second kappa shape index (κ2) is 8.61. The van der Waals surface area contributed by atoms with Gasteiger partial charge in [0.25, 0.3) is 5.91 Å². The zero-order valence-corrected chi connectivity index (χ0v) is 19.2. The molecule has 172 valence electrons. The van der Waals surface area contributed by atoms with Crippen LogP contribution in [0.4, 0.5) is 5.82 Å². The number of carbonyl (C=O) groups excluding carboxylic acids is 1. The fourth-order valence-electron chi connectivity index (χ4n) is 3.92. The Labute approximate surface area is 202 Å². The van der Waals surface area contributed by atoms with E-state index in [0.717, 1.165) is 38.1 Å². The summed E-state index contributed by atoms with van der Waals surface area (Å²) in [5.41, 5.74) is 10.7. The lowest BCUT2D eigenvalue weighted by molar-refractivity contribution is 0.0947. The van der Waals surface area contributed by atoms with Crippen molar-refractivity contribution in [2.75, 3.05) is 12.3 Å². The fraction of sp³-hybridized carbons (Fsp3) is 0.0833. The van der Waals surface area contributed by atoms with E-state index in [9.17, 15) is 4.79 Å². The molecule has 0 fully saturated rings. The molecule has 5 heterocycles. The number of carbonyl (C=O) groups is 1. The third-order valence-corrected chi connectivity index (χ3v) is 6.51. The number of nitrogens with zero attached hydrogens (tertiary/aromatic N) is 6. The van der Waals surface area contributed by atoms with Crippen LogP contribution >= 0.6 is 11.3 Å². The molecule has 6 aromatic rings. The van der Waals surface area contributed by atoms with Gasteiger partial charge in [-0.1, -0.05) is 12.1 Å². The molecule has 10 nitrogen and oxygen atoms in total. The summed E-state index contributed by atoms with van der Waals surface area (Å²) in [5, 5.41) is 18.9. The maximum Gasteiger partial charge on any atom is 0.270 e. The van der Waals surface area contributed by atoms with Crippen LogP contribution in [0.15, 0.2) is 66.6 Å². The number of aromatic amines is 1. The van der Waals surface area contributed by atoms with Crippen molar-refractivity contribution in [3.8, 4) is 21.8 Å². The van der Waals surface area contributed by atoms with Gasteiger partial charge in [0.2, 0.25) is 0 Å². The molecule has 0 saturated heterocycles. The van der Waals surface area contributed by atoms with Crippen LogP contribution in [-0.4, -0.2) is 47.4 Å². The van der Waals surface area contributed by atoms with Gasteiger partial charge in [-0.25, -0.2) is 9.97 Å². The average Bonchev–Trinajstić information content (AvgIpc) is 3.65. The lowest BCUT2D eigenvalue weighted by Crippen LogP contribution is -2.27. The molecular formula is C24H19N9OS. The molecule has 0 aliphatic heterocycles. The summed E-state index contributed by atoms with van der Waals surface area (Å²) in [4.78, 5) is 25.6. The standard InChI is InChI=1S/C24H19N9OS/c25-22-21-17(16-2-1-15(11-19(16)29-22)18-5-8-28-31-18)12-33(32-21)10-9-27-23(34)20-13-35-24(30-20)14-3-6-26-7-4-14/h1-8,11-13H,9-10H2,(H2,25,29)(H,27,34)(H,28,31). The van der Waals surface area contributed by atoms with Crippen molar-refractivity contribution in [2.24, 2.45) is 0 Å². The molecule has 11 heteroatoms. The molecule has 5 aromatic heterocycles. The number of nitrogens with two attached hydrogens (primary N) is 1. The summed E-state index contributed by atoms with van der Waals surface area (Å²) in [7, 11) is 0. The van der Waals surface area contributed by atoms with Crippen molar-refractivity contribution in [1.82, 2.24) is 40.2 Å². The average molecular weight is 482 g/mol. The first-order valence-corrected chi connectivity index (χ1v) is 11.7. The van der Waals surface area contributed by atoms with Gasteiger partial charge in [-0.3, -0.25) is 19.6 Å². The Morgan fingerprint density at radius 1 is 1.09 bits per heavy atom. The second-order valence-corrected chi connectivity index (χ2v) is 8.73. The van der Waals surface area contributed by atoms with Crippen molar-refractivity contribution in [3.63, 3.8) is 0 Å². The second-order valence-electron chi connectivity index (χ2n) is 7.87. The van der Waals surface area contributed by atoms with E-state index >= 15 is 0 Å². The number of amides is 1. The predicted octanol–water partition coefficient (Wildman–Crippen LogP) is 3.51. The normalized spacial score (nSPS) is 11.3. The number of H-pyrrole nitrogens is 1. The Hall–Kier alpha value is -4.64. The highest BCUT2D eigenvalue weighted by Crippen LogP contribution is 2.30. The summed E-state index contributed by atoms with van der Waals surface area (Å²) >= 11 is 1.42. The van der Waals surface area contributed by atoms with E-state index in [0.29, 0.717) is 30.1 Å². The molecule has 1 aromatic carbocycles. The van der Waals surface area contributed by atoms with Crippen molar-refractivity contribution < 1.29 is 4.79 Å². The van der Waals surface area contributed by atoms with E-state index in [1.165, 1.54) is 11.3 Å². The highest BCUT2D eigenvalue weighted by molar-refractivity contribution is 7.13. The number of nitrogen functional groups attached to an aromatic ring is 1. The minimum absolute atomic E-state index is 0.226. The molecule has 0 atom stereocenters. The number of hydrogen-bond acceptors (Lipinski definition) is 8. The minimum Gasteiger partial charge on any atom is -0.382 e. The number of aromatic nitrogens is 7. The Bertz CT molecular complexity index is 1660. The van der Waals surface area contributed by atoms with Crippen LogP contribution < -0.4 is 11.1 Å². The Morgan fingerprint density at radius 2 is 1.97 bits per heavy atom. The smallest absolute Gasteiger partial charge is 0.270 e. The molecule has 0 aliphatic carbocycles. The third kappa shape index (κ3) is 3.97. The van der Waals surface area contributed by atoms with Crippen LogP contribution in [-0.2, 0) is 6.54 Å². The van der Waals surface area contributed by atoms with Crippen LogP contribution in [0.3, 0.4) is 0 Å². The molecule has 0 radical (unpaired) electrons. The number of hydrogen-bond donors (Lipinski definition) is 3. The van der Waals surface area contributed by atoms with Crippen LogP contribution in [0.2, 0.25) is 0 Å². The summed E-state index contributed by atoms with van der Waals surface area (Å²) < 4.78 is 1.77. The summed E-state index contributed by atoms with van der Waals surface area (Å²) in [6, 6.07) is 11.6. The van der Waals surface area contributed by atoms with Gasteiger partial charge in [0.15, 0.2) is 5.82 Å². The number of fused-ring (bicyclic) bond motifs is 3. The van der Waals surface area contributed by atoms with Gasteiger partial charge in [0.1, 0.15) is 16.2 Å². The molecular weight excluding hydrogens is 462 g/mol. The number of pyridine rings is 2. The fourth-order valence-corrected chi connectivity index (χ4v) is 4.72. The summed E-state index contributed by atoms with van der Waals surface area (Å²) in [6.07, 6.45) is 7.12.